The maximum Gasteiger partial charge on any atom is 0.161 e. The van der Waals surface area contributed by atoms with E-state index in [2.05, 4.69) is 19.2 Å². The molecule has 0 fully saturated rings. The Morgan fingerprint density at radius 1 is 1.22 bits per heavy atom. The Labute approximate surface area is 109 Å². The van der Waals surface area contributed by atoms with Crippen LogP contribution in [0, 0.1) is 0 Å². The predicted molar refractivity (Wildman–Crippen MR) is 72.3 cm³/mol. The highest BCUT2D eigenvalue weighted by molar-refractivity contribution is 5.39. The molecule has 102 valence electrons. The standard InChI is InChI=1S/C14H23NO3/c1-11(2)15-9-8-12(16)10-18-14-7-5-4-6-13(14)17-3/h4-7,11-12,15-16H,8-10H2,1-3H3. The summed E-state index contributed by atoms with van der Waals surface area (Å²) < 4.78 is 10.7. The summed E-state index contributed by atoms with van der Waals surface area (Å²) in [6.45, 7) is 5.23. The monoisotopic (exact) mass is 253 g/mol. The first-order valence-corrected chi connectivity index (χ1v) is 6.30. The smallest absolute Gasteiger partial charge is 0.161 e. The number of aliphatic hydroxyl groups excluding tert-OH is 1. The van der Waals surface area contributed by atoms with Crippen LogP contribution in [0.4, 0.5) is 0 Å². The minimum absolute atomic E-state index is 0.278. The van der Waals surface area contributed by atoms with E-state index in [0.29, 0.717) is 24.0 Å². The Kier molecular flexibility index (Phi) is 6.54. The van der Waals surface area contributed by atoms with Crippen molar-refractivity contribution in [1.29, 1.82) is 0 Å². The fourth-order valence-corrected chi connectivity index (χ4v) is 1.55. The predicted octanol–water partition coefficient (Wildman–Crippen LogP) is 1.82. The molecule has 0 bridgehead atoms. The number of rotatable bonds is 8. The second-order valence-corrected chi connectivity index (χ2v) is 4.51. The molecule has 0 spiro atoms. The Morgan fingerprint density at radius 2 is 1.89 bits per heavy atom. The van der Waals surface area contributed by atoms with Crippen molar-refractivity contribution in [3.05, 3.63) is 24.3 Å². The van der Waals surface area contributed by atoms with Crippen LogP contribution in [-0.2, 0) is 0 Å². The molecule has 0 aromatic heterocycles. The molecule has 1 atom stereocenters. The SMILES string of the molecule is COc1ccccc1OCC(O)CCNC(C)C. The summed E-state index contributed by atoms with van der Waals surface area (Å²) in [4.78, 5) is 0. The third kappa shape index (κ3) is 5.38. The Morgan fingerprint density at radius 3 is 2.50 bits per heavy atom. The second-order valence-electron chi connectivity index (χ2n) is 4.51. The summed E-state index contributed by atoms with van der Waals surface area (Å²) in [6.07, 6.45) is 0.203. The third-order valence-corrected chi connectivity index (χ3v) is 2.53. The average Bonchev–Trinajstić information content (AvgIpc) is 2.36. The van der Waals surface area contributed by atoms with Gasteiger partial charge in [-0.15, -0.1) is 0 Å². The van der Waals surface area contributed by atoms with E-state index in [9.17, 15) is 5.11 Å². The first-order chi connectivity index (χ1) is 8.63. The van der Waals surface area contributed by atoms with Crippen LogP contribution in [0.3, 0.4) is 0 Å². The van der Waals surface area contributed by atoms with Crippen molar-refractivity contribution >= 4 is 0 Å². The molecule has 1 aromatic rings. The molecule has 1 aromatic carbocycles. The van der Waals surface area contributed by atoms with Gasteiger partial charge in [-0.1, -0.05) is 26.0 Å². The normalized spacial score (nSPS) is 12.5. The highest BCUT2D eigenvalue weighted by Crippen LogP contribution is 2.25. The van der Waals surface area contributed by atoms with E-state index < -0.39 is 6.10 Å². The van der Waals surface area contributed by atoms with Gasteiger partial charge in [0, 0.05) is 6.04 Å². The molecule has 0 amide bonds. The Bertz CT molecular complexity index is 342. The van der Waals surface area contributed by atoms with E-state index in [1.807, 2.05) is 24.3 Å². The Balaban J connectivity index is 2.31. The fourth-order valence-electron chi connectivity index (χ4n) is 1.55. The van der Waals surface area contributed by atoms with Crippen LogP contribution in [0.25, 0.3) is 0 Å². The lowest BCUT2D eigenvalue weighted by atomic mass is 10.2. The van der Waals surface area contributed by atoms with Gasteiger partial charge in [0.15, 0.2) is 11.5 Å². The molecule has 1 rings (SSSR count). The zero-order valence-electron chi connectivity index (χ0n) is 11.3. The average molecular weight is 253 g/mol. The van der Waals surface area contributed by atoms with Crippen LogP contribution in [0.15, 0.2) is 24.3 Å². The molecule has 0 aliphatic carbocycles. The summed E-state index contributed by atoms with van der Waals surface area (Å²) in [5.74, 6) is 1.35. The van der Waals surface area contributed by atoms with E-state index in [1.54, 1.807) is 7.11 Å². The zero-order valence-corrected chi connectivity index (χ0v) is 11.3. The van der Waals surface area contributed by atoms with E-state index in [0.717, 1.165) is 6.54 Å². The van der Waals surface area contributed by atoms with E-state index in [1.165, 1.54) is 0 Å². The summed E-state index contributed by atoms with van der Waals surface area (Å²) in [5, 5.41) is 13.0. The lowest BCUT2D eigenvalue weighted by Crippen LogP contribution is -2.28. The third-order valence-electron chi connectivity index (χ3n) is 2.53. The number of ether oxygens (including phenoxy) is 2. The van der Waals surface area contributed by atoms with E-state index in [-0.39, 0.29) is 6.61 Å². The van der Waals surface area contributed by atoms with Crippen LogP contribution in [-0.4, -0.2) is 37.5 Å². The number of hydrogen-bond acceptors (Lipinski definition) is 4. The van der Waals surface area contributed by atoms with Crippen molar-refractivity contribution < 1.29 is 14.6 Å². The van der Waals surface area contributed by atoms with Crippen LogP contribution in [0.2, 0.25) is 0 Å². The van der Waals surface area contributed by atoms with Gasteiger partial charge < -0.3 is 19.9 Å². The molecule has 0 saturated heterocycles. The number of para-hydroxylation sites is 2. The van der Waals surface area contributed by atoms with Gasteiger partial charge in [0.05, 0.1) is 13.2 Å². The number of benzene rings is 1. The molecule has 4 nitrogen and oxygen atoms in total. The van der Waals surface area contributed by atoms with Gasteiger partial charge in [-0.25, -0.2) is 0 Å². The fraction of sp³-hybridized carbons (Fsp3) is 0.571. The highest BCUT2D eigenvalue weighted by atomic mass is 16.5. The van der Waals surface area contributed by atoms with Crippen molar-refractivity contribution in [2.75, 3.05) is 20.3 Å². The Hall–Kier alpha value is -1.26. The molecule has 2 N–H and O–H groups in total. The van der Waals surface area contributed by atoms with Crippen molar-refractivity contribution in [3.8, 4) is 11.5 Å². The van der Waals surface area contributed by atoms with Gasteiger partial charge in [-0.3, -0.25) is 0 Å². The summed E-state index contributed by atoms with van der Waals surface area (Å²) in [6, 6.07) is 7.87. The lowest BCUT2D eigenvalue weighted by molar-refractivity contribution is 0.0979. The van der Waals surface area contributed by atoms with Gasteiger partial charge >= 0.3 is 0 Å². The minimum atomic E-state index is -0.471. The summed E-state index contributed by atoms with van der Waals surface area (Å²) in [5.41, 5.74) is 0. The highest BCUT2D eigenvalue weighted by Gasteiger charge is 2.08. The number of aliphatic hydroxyl groups is 1. The molecule has 0 radical (unpaired) electrons. The molecule has 0 aliphatic heterocycles. The van der Waals surface area contributed by atoms with Crippen LogP contribution in [0.1, 0.15) is 20.3 Å². The molecule has 0 saturated carbocycles. The van der Waals surface area contributed by atoms with Crippen LogP contribution < -0.4 is 14.8 Å². The molecular formula is C14H23NO3. The van der Waals surface area contributed by atoms with Gasteiger partial charge in [0.2, 0.25) is 0 Å². The molecule has 4 heteroatoms. The van der Waals surface area contributed by atoms with E-state index in [4.69, 9.17) is 9.47 Å². The maximum atomic E-state index is 9.78. The van der Waals surface area contributed by atoms with Crippen molar-refractivity contribution in [1.82, 2.24) is 5.32 Å². The first kappa shape index (κ1) is 14.8. The van der Waals surface area contributed by atoms with Gasteiger partial charge in [-0.2, -0.15) is 0 Å². The second kappa shape index (κ2) is 7.95. The molecule has 0 heterocycles. The van der Waals surface area contributed by atoms with Crippen LogP contribution in [0.5, 0.6) is 11.5 Å². The van der Waals surface area contributed by atoms with Crippen LogP contribution >= 0.6 is 0 Å². The van der Waals surface area contributed by atoms with Gasteiger partial charge in [0.1, 0.15) is 6.61 Å². The topological polar surface area (TPSA) is 50.7 Å². The van der Waals surface area contributed by atoms with Gasteiger partial charge in [-0.05, 0) is 25.1 Å². The first-order valence-electron chi connectivity index (χ1n) is 6.30. The number of nitrogens with one attached hydrogen (secondary N) is 1. The molecule has 1 unspecified atom stereocenters. The molecular weight excluding hydrogens is 230 g/mol. The van der Waals surface area contributed by atoms with Gasteiger partial charge in [0.25, 0.3) is 0 Å². The summed E-state index contributed by atoms with van der Waals surface area (Å²) in [7, 11) is 1.60. The van der Waals surface area contributed by atoms with Crippen molar-refractivity contribution in [3.63, 3.8) is 0 Å². The summed E-state index contributed by atoms with van der Waals surface area (Å²) >= 11 is 0. The largest absolute Gasteiger partial charge is 0.493 e. The lowest BCUT2D eigenvalue weighted by Gasteiger charge is -2.15. The van der Waals surface area contributed by atoms with Crippen molar-refractivity contribution in [2.24, 2.45) is 0 Å². The molecule has 0 aliphatic rings. The maximum absolute atomic E-state index is 9.78. The number of methoxy groups -OCH3 is 1. The quantitative estimate of drug-likeness (QED) is 0.742. The zero-order chi connectivity index (χ0) is 13.4. The minimum Gasteiger partial charge on any atom is -0.493 e. The van der Waals surface area contributed by atoms with Crippen molar-refractivity contribution in [2.45, 2.75) is 32.4 Å². The van der Waals surface area contributed by atoms with E-state index >= 15 is 0 Å². The number of hydrogen-bond donors (Lipinski definition) is 2. The molecule has 18 heavy (non-hydrogen) atoms.